The summed E-state index contributed by atoms with van der Waals surface area (Å²) < 4.78 is 6.06. The van der Waals surface area contributed by atoms with Gasteiger partial charge in [-0.3, -0.25) is 10.1 Å². The molecule has 0 fully saturated rings. The molecule has 2 aromatic heterocycles. The van der Waals surface area contributed by atoms with E-state index in [9.17, 15) is 9.90 Å². The molecule has 4 aromatic carbocycles. The number of thiophene rings is 1. The number of carbonyl (C=O) groups excluding carboxylic acids is 1. The van der Waals surface area contributed by atoms with E-state index in [1.54, 1.807) is 17.4 Å². The molecule has 0 aliphatic rings. The van der Waals surface area contributed by atoms with Crippen molar-refractivity contribution in [1.29, 1.82) is 0 Å². The lowest BCUT2D eigenvalue weighted by molar-refractivity contribution is -0.114. The van der Waals surface area contributed by atoms with E-state index in [1.807, 2.05) is 71.4 Å². The van der Waals surface area contributed by atoms with Gasteiger partial charge in [0.05, 0.1) is 0 Å². The molecule has 0 saturated carbocycles. The van der Waals surface area contributed by atoms with Crippen LogP contribution >= 0.6 is 11.3 Å². The van der Waals surface area contributed by atoms with Gasteiger partial charge in [0.1, 0.15) is 11.4 Å². The van der Waals surface area contributed by atoms with E-state index in [0.717, 1.165) is 33.0 Å². The number of phenolic OH excluding ortho intramolecular Hbond substituents is 1. The number of rotatable bonds is 5. The van der Waals surface area contributed by atoms with Crippen LogP contribution in [0, 0.1) is 0 Å². The summed E-state index contributed by atoms with van der Waals surface area (Å²) in [5.41, 5.74) is 5.57. The van der Waals surface area contributed by atoms with Gasteiger partial charge in [0, 0.05) is 29.0 Å². The molecule has 180 valence electrons. The number of benzene rings is 4. The minimum Gasteiger partial charge on any atom is -0.507 e. The van der Waals surface area contributed by atoms with Crippen molar-refractivity contribution in [3.8, 4) is 50.7 Å². The van der Waals surface area contributed by atoms with Crippen molar-refractivity contribution in [3.63, 3.8) is 0 Å². The van der Waals surface area contributed by atoms with Crippen molar-refractivity contribution < 1.29 is 14.3 Å². The molecule has 6 rings (SSSR count). The molecule has 0 radical (unpaired) electrons. The fraction of sp³-hybridized carbons (Fsp3) is 0.0323. The van der Waals surface area contributed by atoms with Crippen LogP contribution in [0.3, 0.4) is 0 Å². The Morgan fingerprint density at radius 1 is 0.838 bits per heavy atom. The van der Waals surface area contributed by atoms with Crippen LogP contribution in [0.25, 0.3) is 55.7 Å². The standard InChI is InChI=1S/C31H22N2O3S/c1-19(34)32-31-29(22-15-16-37-18-22)33-30(36-31)27-11-5-4-10-25(27)26-14-13-21(17-28(26)35)24-12-6-8-20-7-2-3-9-23(20)24/h2-18,35H,1H3,(H,32,34). The van der Waals surface area contributed by atoms with Gasteiger partial charge >= 0.3 is 0 Å². The van der Waals surface area contributed by atoms with Crippen molar-refractivity contribution >= 4 is 33.9 Å². The highest BCUT2D eigenvalue weighted by Gasteiger charge is 2.21. The zero-order chi connectivity index (χ0) is 25.4. The van der Waals surface area contributed by atoms with Crippen LogP contribution in [0.5, 0.6) is 5.75 Å². The van der Waals surface area contributed by atoms with Gasteiger partial charge in [0.25, 0.3) is 0 Å². The fourth-order valence-electron chi connectivity index (χ4n) is 4.58. The van der Waals surface area contributed by atoms with Gasteiger partial charge in [-0.2, -0.15) is 11.3 Å². The van der Waals surface area contributed by atoms with Gasteiger partial charge in [0.15, 0.2) is 0 Å². The normalized spacial score (nSPS) is 11.1. The number of phenols is 1. The van der Waals surface area contributed by atoms with Crippen LogP contribution in [0.1, 0.15) is 6.92 Å². The van der Waals surface area contributed by atoms with Gasteiger partial charge in [-0.15, -0.1) is 0 Å². The Kier molecular flexibility index (Phi) is 5.79. The Labute approximate surface area is 217 Å². The summed E-state index contributed by atoms with van der Waals surface area (Å²) in [5, 5.41) is 20.1. The molecule has 0 aliphatic heterocycles. The van der Waals surface area contributed by atoms with Crippen molar-refractivity contribution in [2.75, 3.05) is 5.32 Å². The number of aromatic nitrogens is 1. The maximum absolute atomic E-state index is 11.8. The molecule has 37 heavy (non-hydrogen) atoms. The van der Waals surface area contributed by atoms with Crippen molar-refractivity contribution in [2.45, 2.75) is 6.92 Å². The van der Waals surface area contributed by atoms with E-state index in [-0.39, 0.29) is 11.7 Å². The van der Waals surface area contributed by atoms with Crippen LogP contribution in [-0.2, 0) is 4.79 Å². The van der Waals surface area contributed by atoms with Crippen molar-refractivity contribution in [1.82, 2.24) is 4.98 Å². The second-order valence-electron chi connectivity index (χ2n) is 8.69. The minimum atomic E-state index is -0.242. The Morgan fingerprint density at radius 2 is 1.59 bits per heavy atom. The number of oxazole rings is 1. The lowest BCUT2D eigenvalue weighted by Gasteiger charge is -2.12. The number of hydrogen-bond acceptors (Lipinski definition) is 5. The first kappa shape index (κ1) is 22.8. The van der Waals surface area contributed by atoms with Gasteiger partial charge in [-0.05, 0) is 51.0 Å². The topological polar surface area (TPSA) is 75.4 Å². The van der Waals surface area contributed by atoms with Gasteiger partial charge in [0.2, 0.25) is 17.7 Å². The van der Waals surface area contributed by atoms with Gasteiger partial charge < -0.3 is 9.52 Å². The lowest BCUT2D eigenvalue weighted by Crippen LogP contribution is -2.05. The Balaban J connectivity index is 1.45. The predicted octanol–water partition coefficient (Wildman–Crippen LogP) is 8.22. The SMILES string of the molecule is CC(=O)Nc1oc(-c2ccccc2-c2ccc(-c3cccc4ccccc34)cc2O)nc1-c1ccsc1. The van der Waals surface area contributed by atoms with E-state index in [2.05, 4.69) is 29.6 Å². The first-order valence-corrected chi connectivity index (χ1v) is 12.7. The summed E-state index contributed by atoms with van der Waals surface area (Å²) in [6, 6.07) is 29.7. The average molecular weight is 503 g/mol. The molecule has 0 bridgehead atoms. The fourth-order valence-corrected chi connectivity index (χ4v) is 5.22. The van der Waals surface area contributed by atoms with Gasteiger partial charge in [-0.25, -0.2) is 4.98 Å². The Hall–Kier alpha value is -4.68. The minimum absolute atomic E-state index is 0.157. The van der Waals surface area contributed by atoms with Crippen LogP contribution in [0.15, 0.2) is 106 Å². The highest BCUT2D eigenvalue weighted by molar-refractivity contribution is 7.08. The molecule has 6 heteroatoms. The highest BCUT2D eigenvalue weighted by Crippen LogP contribution is 2.41. The molecule has 2 heterocycles. The monoisotopic (exact) mass is 502 g/mol. The number of anilines is 1. The molecule has 2 N–H and O–H groups in total. The van der Waals surface area contributed by atoms with E-state index in [1.165, 1.54) is 6.92 Å². The lowest BCUT2D eigenvalue weighted by atomic mass is 9.94. The molecular formula is C31H22N2O3S. The number of carbonyl (C=O) groups is 1. The summed E-state index contributed by atoms with van der Waals surface area (Å²) in [7, 11) is 0. The molecule has 6 aromatic rings. The average Bonchev–Trinajstić information content (AvgIpc) is 3.58. The first-order valence-electron chi connectivity index (χ1n) is 11.8. The molecule has 0 saturated heterocycles. The van der Waals surface area contributed by atoms with Crippen molar-refractivity contribution in [2.24, 2.45) is 0 Å². The molecule has 1 amide bonds. The quantitative estimate of drug-likeness (QED) is 0.249. The number of hydrogen-bond donors (Lipinski definition) is 2. The summed E-state index contributed by atoms with van der Waals surface area (Å²) in [6.07, 6.45) is 0. The maximum atomic E-state index is 11.8. The van der Waals surface area contributed by atoms with E-state index >= 15 is 0 Å². The Morgan fingerprint density at radius 3 is 2.38 bits per heavy atom. The molecule has 0 aliphatic carbocycles. The van der Waals surface area contributed by atoms with E-state index in [4.69, 9.17) is 9.40 Å². The van der Waals surface area contributed by atoms with Crippen LogP contribution in [0.4, 0.5) is 5.88 Å². The van der Waals surface area contributed by atoms with E-state index in [0.29, 0.717) is 28.6 Å². The third-order valence-corrected chi connectivity index (χ3v) is 6.94. The zero-order valence-corrected chi connectivity index (χ0v) is 20.8. The summed E-state index contributed by atoms with van der Waals surface area (Å²) in [5.74, 6) is 0.572. The number of nitrogens with zero attached hydrogens (tertiary/aromatic N) is 1. The third kappa shape index (κ3) is 4.28. The number of amides is 1. The second kappa shape index (κ2) is 9.41. The molecular weight excluding hydrogens is 480 g/mol. The van der Waals surface area contributed by atoms with Gasteiger partial charge in [-0.1, -0.05) is 72.8 Å². The summed E-state index contributed by atoms with van der Waals surface area (Å²) in [4.78, 5) is 16.5. The maximum Gasteiger partial charge on any atom is 0.229 e. The number of fused-ring (bicyclic) bond motifs is 1. The summed E-state index contributed by atoms with van der Waals surface area (Å²) >= 11 is 1.54. The largest absolute Gasteiger partial charge is 0.507 e. The first-order chi connectivity index (χ1) is 18.1. The predicted molar refractivity (Wildman–Crippen MR) is 150 cm³/mol. The van der Waals surface area contributed by atoms with E-state index < -0.39 is 0 Å². The third-order valence-electron chi connectivity index (χ3n) is 6.26. The molecule has 5 nitrogen and oxygen atoms in total. The highest BCUT2D eigenvalue weighted by atomic mass is 32.1. The molecule has 0 spiro atoms. The van der Waals surface area contributed by atoms with Crippen molar-refractivity contribution in [3.05, 3.63) is 102 Å². The number of nitrogens with one attached hydrogen (secondary N) is 1. The Bertz CT molecular complexity index is 1750. The molecule has 0 unspecified atom stereocenters. The van der Waals surface area contributed by atoms with Crippen LogP contribution in [0.2, 0.25) is 0 Å². The second-order valence-corrected chi connectivity index (χ2v) is 9.47. The van der Waals surface area contributed by atoms with Crippen LogP contribution in [-0.4, -0.2) is 16.0 Å². The summed E-state index contributed by atoms with van der Waals surface area (Å²) in [6.45, 7) is 1.43. The molecule has 0 atom stereocenters. The number of aromatic hydroxyl groups is 1. The smallest absolute Gasteiger partial charge is 0.229 e. The zero-order valence-electron chi connectivity index (χ0n) is 19.9. The van der Waals surface area contributed by atoms with Crippen LogP contribution < -0.4 is 5.32 Å².